The number of likely N-dealkylation sites (N-methyl/N-ethyl adjacent to an activating group) is 1. The predicted molar refractivity (Wildman–Crippen MR) is 86.2 cm³/mol. The van der Waals surface area contributed by atoms with Crippen LogP contribution in [0.3, 0.4) is 0 Å². The van der Waals surface area contributed by atoms with Gasteiger partial charge in [0.2, 0.25) is 0 Å². The van der Waals surface area contributed by atoms with E-state index in [0.29, 0.717) is 5.69 Å². The van der Waals surface area contributed by atoms with Crippen LogP contribution in [-0.4, -0.2) is 55.0 Å². The number of amides is 2. The average Bonchev–Trinajstić information content (AvgIpc) is 2.55. The molecule has 0 spiro atoms. The monoisotopic (exact) mass is 345 g/mol. The van der Waals surface area contributed by atoms with Crippen molar-refractivity contribution in [2.24, 2.45) is 0 Å². The van der Waals surface area contributed by atoms with Crippen LogP contribution in [0.5, 0.6) is 0 Å². The molecule has 1 aromatic rings. The molecule has 24 heavy (non-hydrogen) atoms. The fraction of sp³-hybridized carbons (Fsp3) is 0.562. The van der Waals surface area contributed by atoms with Gasteiger partial charge in [-0.15, -0.1) is 0 Å². The van der Waals surface area contributed by atoms with E-state index in [1.165, 1.54) is 13.5 Å². The summed E-state index contributed by atoms with van der Waals surface area (Å²) in [5.41, 5.74) is 1.41. The van der Waals surface area contributed by atoms with Gasteiger partial charge in [-0.05, 0) is 31.4 Å². The number of rotatable bonds is 4. The number of benzene rings is 1. The van der Waals surface area contributed by atoms with Crippen molar-refractivity contribution in [1.29, 1.82) is 0 Å². The van der Waals surface area contributed by atoms with Gasteiger partial charge in [-0.3, -0.25) is 0 Å². The lowest BCUT2D eigenvalue weighted by Gasteiger charge is -2.31. The Bertz CT molecular complexity index is 560. The number of alkyl halides is 3. The zero-order valence-electron chi connectivity index (χ0n) is 13.5. The van der Waals surface area contributed by atoms with Gasteiger partial charge in [0.1, 0.15) is 0 Å². The summed E-state index contributed by atoms with van der Waals surface area (Å²) in [5.74, 6) is 0. The third-order valence-corrected chi connectivity index (χ3v) is 4.01. The van der Waals surface area contributed by atoms with Gasteiger partial charge < -0.3 is 20.2 Å². The maximum atomic E-state index is 12.4. The van der Waals surface area contributed by atoms with Gasteiger partial charge >= 0.3 is 12.2 Å². The lowest BCUT2D eigenvalue weighted by atomic mass is 10.1. The number of piperidine rings is 1. The van der Waals surface area contributed by atoms with Gasteiger partial charge in [0.15, 0.2) is 6.10 Å². The van der Waals surface area contributed by atoms with E-state index in [-0.39, 0.29) is 0 Å². The summed E-state index contributed by atoms with van der Waals surface area (Å²) < 4.78 is 37.2. The van der Waals surface area contributed by atoms with Crippen LogP contribution in [0.4, 0.5) is 29.3 Å². The lowest BCUT2D eigenvalue weighted by molar-refractivity contribution is -0.205. The van der Waals surface area contributed by atoms with Crippen LogP contribution >= 0.6 is 0 Å². The Hall–Kier alpha value is -1.96. The number of anilines is 2. The molecule has 1 aliphatic heterocycles. The molecule has 2 amide bonds. The molecule has 0 bridgehead atoms. The quantitative estimate of drug-likeness (QED) is 0.882. The van der Waals surface area contributed by atoms with Crippen LogP contribution < -0.4 is 10.2 Å². The Balaban J connectivity index is 2.03. The smallest absolute Gasteiger partial charge is 0.382 e. The molecule has 1 unspecified atom stereocenters. The highest BCUT2D eigenvalue weighted by molar-refractivity contribution is 5.93. The Morgan fingerprint density at radius 3 is 2.54 bits per heavy atom. The first-order chi connectivity index (χ1) is 11.3. The zero-order valence-corrected chi connectivity index (χ0v) is 13.5. The maximum Gasteiger partial charge on any atom is 0.416 e. The Kier molecular flexibility index (Phi) is 5.93. The Morgan fingerprint density at radius 1 is 1.29 bits per heavy atom. The third kappa shape index (κ3) is 4.77. The number of urea groups is 1. The lowest BCUT2D eigenvalue weighted by Crippen LogP contribution is -2.43. The second kappa shape index (κ2) is 7.74. The summed E-state index contributed by atoms with van der Waals surface area (Å²) in [6.45, 7) is 0.951. The number of nitrogens with zero attached hydrogens (tertiary/aromatic N) is 2. The number of aliphatic hydroxyl groups is 1. The molecule has 5 nitrogen and oxygen atoms in total. The SMILES string of the molecule is CN(CC(O)C(F)(F)F)C(=O)Nc1ccccc1N1CCCCC1. The molecule has 1 aliphatic rings. The number of hydrogen-bond acceptors (Lipinski definition) is 3. The minimum Gasteiger partial charge on any atom is -0.382 e. The van der Waals surface area contributed by atoms with Crippen molar-refractivity contribution in [3.63, 3.8) is 0 Å². The molecule has 8 heteroatoms. The van der Waals surface area contributed by atoms with Gasteiger partial charge in [-0.1, -0.05) is 12.1 Å². The summed E-state index contributed by atoms with van der Waals surface area (Å²) in [4.78, 5) is 15.1. The molecule has 1 fully saturated rings. The van der Waals surface area contributed by atoms with Crippen LogP contribution in [0.2, 0.25) is 0 Å². The summed E-state index contributed by atoms with van der Waals surface area (Å²) >= 11 is 0. The minimum atomic E-state index is -4.75. The number of carbonyl (C=O) groups excluding carboxylic acids is 1. The van der Waals surface area contributed by atoms with Crippen molar-refractivity contribution >= 4 is 17.4 Å². The van der Waals surface area contributed by atoms with E-state index in [1.807, 2.05) is 12.1 Å². The van der Waals surface area contributed by atoms with Gasteiger partial charge in [0.25, 0.3) is 0 Å². The molecule has 0 saturated carbocycles. The molecular weight excluding hydrogens is 323 g/mol. The normalized spacial score (nSPS) is 16.6. The van der Waals surface area contributed by atoms with E-state index in [4.69, 9.17) is 5.11 Å². The van der Waals surface area contributed by atoms with Crippen LogP contribution in [0, 0.1) is 0 Å². The molecule has 2 rings (SSSR count). The van der Waals surface area contributed by atoms with Crippen molar-refractivity contribution in [1.82, 2.24) is 4.90 Å². The van der Waals surface area contributed by atoms with E-state index < -0.39 is 24.9 Å². The van der Waals surface area contributed by atoms with Crippen LogP contribution in [0.15, 0.2) is 24.3 Å². The molecule has 1 saturated heterocycles. The summed E-state index contributed by atoms with van der Waals surface area (Å²) in [5, 5.41) is 11.7. The molecule has 0 radical (unpaired) electrons. The fourth-order valence-corrected chi connectivity index (χ4v) is 2.65. The number of aliphatic hydroxyl groups excluding tert-OH is 1. The first-order valence-corrected chi connectivity index (χ1v) is 7.90. The maximum absolute atomic E-state index is 12.4. The Labute approximate surface area is 139 Å². The van der Waals surface area contributed by atoms with E-state index in [2.05, 4.69) is 10.2 Å². The van der Waals surface area contributed by atoms with Crippen molar-refractivity contribution < 1.29 is 23.1 Å². The molecule has 2 N–H and O–H groups in total. The molecule has 0 aliphatic carbocycles. The number of para-hydroxylation sites is 2. The Morgan fingerprint density at radius 2 is 1.92 bits per heavy atom. The highest BCUT2D eigenvalue weighted by Gasteiger charge is 2.39. The summed E-state index contributed by atoms with van der Waals surface area (Å²) in [7, 11) is 1.22. The first kappa shape index (κ1) is 18.4. The fourth-order valence-electron chi connectivity index (χ4n) is 2.65. The van der Waals surface area contributed by atoms with Gasteiger partial charge in [-0.2, -0.15) is 13.2 Å². The van der Waals surface area contributed by atoms with Crippen LogP contribution in [-0.2, 0) is 0 Å². The summed E-state index contributed by atoms with van der Waals surface area (Å²) in [6, 6.07) is 6.52. The van der Waals surface area contributed by atoms with E-state index >= 15 is 0 Å². The first-order valence-electron chi connectivity index (χ1n) is 7.90. The molecular formula is C16H22F3N3O2. The van der Waals surface area contributed by atoms with Crippen LogP contribution in [0.25, 0.3) is 0 Å². The van der Waals surface area contributed by atoms with Crippen molar-refractivity contribution in [2.45, 2.75) is 31.5 Å². The average molecular weight is 345 g/mol. The number of nitrogens with one attached hydrogen (secondary N) is 1. The van der Waals surface area contributed by atoms with E-state index in [1.54, 1.807) is 12.1 Å². The second-order valence-electron chi connectivity index (χ2n) is 5.93. The van der Waals surface area contributed by atoms with Gasteiger partial charge in [-0.25, -0.2) is 4.79 Å². The molecule has 134 valence electrons. The molecule has 1 atom stereocenters. The van der Waals surface area contributed by atoms with Crippen molar-refractivity contribution in [2.75, 3.05) is 36.9 Å². The largest absolute Gasteiger partial charge is 0.416 e. The van der Waals surface area contributed by atoms with Crippen molar-refractivity contribution in [3.05, 3.63) is 24.3 Å². The molecule has 1 aromatic carbocycles. The topological polar surface area (TPSA) is 55.8 Å². The zero-order chi connectivity index (χ0) is 17.7. The molecule has 1 heterocycles. The highest BCUT2D eigenvalue weighted by Crippen LogP contribution is 2.28. The highest BCUT2D eigenvalue weighted by atomic mass is 19.4. The van der Waals surface area contributed by atoms with E-state index in [9.17, 15) is 18.0 Å². The van der Waals surface area contributed by atoms with Crippen LogP contribution in [0.1, 0.15) is 19.3 Å². The van der Waals surface area contributed by atoms with E-state index in [0.717, 1.165) is 36.5 Å². The van der Waals surface area contributed by atoms with Crippen molar-refractivity contribution in [3.8, 4) is 0 Å². The van der Waals surface area contributed by atoms with Gasteiger partial charge in [0.05, 0.1) is 17.9 Å². The predicted octanol–water partition coefficient (Wildman–Crippen LogP) is 3.06. The number of halogens is 3. The standard InChI is InChI=1S/C16H22F3N3O2/c1-21(11-14(23)16(17,18)19)15(24)20-12-7-3-4-8-13(12)22-9-5-2-6-10-22/h3-4,7-8,14,23H,2,5-6,9-11H2,1H3,(H,20,24). The minimum absolute atomic E-state index is 0.553. The number of hydrogen-bond donors (Lipinski definition) is 2. The van der Waals surface area contributed by atoms with Gasteiger partial charge in [0, 0.05) is 20.1 Å². The molecule has 0 aromatic heterocycles. The number of carbonyl (C=O) groups is 1. The second-order valence-corrected chi connectivity index (χ2v) is 5.93. The summed E-state index contributed by atoms with van der Waals surface area (Å²) in [6.07, 6.45) is -4.01. The third-order valence-electron chi connectivity index (χ3n) is 4.01.